The molecule has 0 atom stereocenters. The van der Waals surface area contributed by atoms with E-state index in [4.69, 9.17) is 0 Å². The Bertz CT molecular complexity index is 1610. The number of aryl methyl sites for hydroxylation is 1. The highest BCUT2D eigenvalue weighted by Gasteiger charge is 2.38. The van der Waals surface area contributed by atoms with Crippen LogP contribution in [-0.4, -0.2) is 0 Å². The van der Waals surface area contributed by atoms with Gasteiger partial charge < -0.3 is 4.74 Å². The van der Waals surface area contributed by atoms with E-state index in [0.717, 1.165) is 55.2 Å². The largest absolute Gasteiger partial charge is 0.429 e. The molecule has 4 aromatic rings. The van der Waals surface area contributed by atoms with Gasteiger partial charge in [0.15, 0.2) is 17.5 Å². The maximum Gasteiger partial charge on any atom is 0.429 e. The molecule has 0 aromatic heterocycles. The minimum atomic E-state index is -4.23. The fourth-order valence-electron chi connectivity index (χ4n) is 4.08. The van der Waals surface area contributed by atoms with Crippen molar-refractivity contribution in [1.29, 1.82) is 0 Å². The van der Waals surface area contributed by atoms with Crippen molar-refractivity contribution in [2.75, 3.05) is 0 Å². The fourth-order valence-corrected chi connectivity index (χ4v) is 4.08. The molecule has 41 heavy (non-hydrogen) atoms. The van der Waals surface area contributed by atoms with Crippen LogP contribution >= 0.6 is 0 Å². The molecule has 0 radical (unpaired) electrons. The number of hydrogen-bond acceptors (Lipinski definition) is 1. The zero-order valence-electron chi connectivity index (χ0n) is 21.6. The van der Waals surface area contributed by atoms with Gasteiger partial charge in [-0.3, -0.25) is 0 Å². The van der Waals surface area contributed by atoms with Crippen LogP contribution in [0.5, 0.6) is 5.75 Å². The number of rotatable bonds is 8. The van der Waals surface area contributed by atoms with E-state index >= 15 is 0 Å². The van der Waals surface area contributed by atoms with E-state index < -0.39 is 52.3 Å². The summed E-state index contributed by atoms with van der Waals surface area (Å²) in [4.78, 5) is 0. The quantitative estimate of drug-likeness (QED) is 0.0882. The molecule has 0 aliphatic rings. The molecule has 0 amide bonds. The Morgan fingerprint density at radius 2 is 1.41 bits per heavy atom. The topological polar surface area (TPSA) is 9.23 Å². The molecule has 212 valence electrons. The van der Waals surface area contributed by atoms with Gasteiger partial charge in [-0.05, 0) is 66.4 Å². The lowest BCUT2D eigenvalue weighted by Crippen LogP contribution is -2.23. The highest BCUT2D eigenvalue weighted by atomic mass is 19.3. The molecule has 0 unspecified atom stereocenters. The lowest BCUT2D eigenvalue weighted by Gasteiger charge is -2.19. The standard InChI is InChI=1S/C32H22F8O/c1-2-3-4-5-19-7-12-24(27(34)14-19)22-10-13-25(28(35)17-22)32(39,40)41-23-11-9-21(26(33)18-23)8-6-20-15-29(36)31(38)30(37)16-20/h7,9-18H,2-5H2,1H3. The van der Waals surface area contributed by atoms with Gasteiger partial charge in [0, 0.05) is 17.2 Å². The average molecular weight is 575 g/mol. The second-order valence-electron chi connectivity index (χ2n) is 9.23. The Balaban J connectivity index is 1.50. The molecular weight excluding hydrogens is 552 g/mol. The van der Waals surface area contributed by atoms with Crippen LogP contribution in [0.4, 0.5) is 35.1 Å². The van der Waals surface area contributed by atoms with Gasteiger partial charge in [-0.1, -0.05) is 49.8 Å². The SMILES string of the molecule is CCCCCc1ccc(-c2ccc(C(F)(F)Oc3ccc(C#Cc4cc(F)c(F)c(F)c4)c(F)c3)c(F)c2)c(F)c1. The number of benzene rings is 4. The molecule has 0 aliphatic heterocycles. The van der Waals surface area contributed by atoms with Crippen LogP contribution < -0.4 is 4.74 Å². The first-order valence-corrected chi connectivity index (χ1v) is 12.6. The van der Waals surface area contributed by atoms with E-state index in [1.165, 1.54) is 12.1 Å². The minimum absolute atomic E-state index is 0.0452. The molecule has 0 aliphatic carbocycles. The van der Waals surface area contributed by atoms with Crippen LogP contribution in [0.1, 0.15) is 48.4 Å². The summed E-state index contributed by atoms with van der Waals surface area (Å²) in [6.07, 6.45) is -0.635. The molecule has 0 N–H and O–H groups in total. The first-order valence-electron chi connectivity index (χ1n) is 12.6. The van der Waals surface area contributed by atoms with Crippen molar-refractivity contribution < 1.29 is 39.9 Å². The summed E-state index contributed by atoms with van der Waals surface area (Å²) in [5.41, 5.74) is -0.894. The Morgan fingerprint density at radius 3 is 2.05 bits per heavy atom. The molecule has 0 heterocycles. The van der Waals surface area contributed by atoms with Gasteiger partial charge in [0.2, 0.25) is 0 Å². The smallest absolute Gasteiger partial charge is 0.429 e. The van der Waals surface area contributed by atoms with Crippen molar-refractivity contribution in [1.82, 2.24) is 0 Å². The van der Waals surface area contributed by atoms with Crippen molar-refractivity contribution in [3.63, 3.8) is 0 Å². The summed E-state index contributed by atoms with van der Waals surface area (Å²) < 4.78 is 118. The highest BCUT2D eigenvalue weighted by Crippen LogP contribution is 2.36. The molecule has 4 rings (SSSR count). The lowest BCUT2D eigenvalue weighted by molar-refractivity contribution is -0.187. The summed E-state index contributed by atoms with van der Waals surface area (Å²) in [5, 5.41) is 0. The van der Waals surface area contributed by atoms with E-state index in [1.807, 2.05) is 0 Å². The molecule has 0 bridgehead atoms. The predicted molar refractivity (Wildman–Crippen MR) is 138 cm³/mol. The number of halogens is 8. The monoisotopic (exact) mass is 574 g/mol. The van der Waals surface area contributed by atoms with E-state index in [2.05, 4.69) is 23.5 Å². The van der Waals surface area contributed by atoms with Crippen molar-refractivity contribution in [2.24, 2.45) is 0 Å². The van der Waals surface area contributed by atoms with Gasteiger partial charge in [-0.25, -0.2) is 26.3 Å². The number of ether oxygens (including phenoxy) is 1. The van der Waals surface area contributed by atoms with Gasteiger partial charge >= 0.3 is 6.11 Å². The number of unbranched alkanes of at least 4 members (excludes halogenated alkanes) is 2. The first-order chi connectivity index (χ1) is 19.5. The zero-order valence-corrected chi connectivity index (χ0v) is 21.6. The van der Waals surface area contributed by atoms with Crippen molar-refractivity contribution >= 4 is 0 Å². The predicted octanol–water partition coefficient (Wildman–Crippen LogP) is 9.45. The molecule has 0 fully saturated rings. The van der Waals surface area contributed by atoms with Crippen molar-refractivity contribution in [3.05, 3.63) is 124 Å². The third-order valence-corrected chi connectivity index (χ3v) is 6.21. The van der Waals surface area contributed by atoms with Crippen LogP contribution in [-0.2, 0) is 12.5 Å². The van der Waals surface area contributed by atoms with Gasteiger partial charge in [-0.15, -0.1) is 0 Å². The van der Waals surface area contributed by atoms with Crippen LogP contribution in [0.2, 0.25) is 0 Å². The van der Waals surface area contributed by atoms with Crippen LogP contribution in [0.25, 0.3) is 11.1 Å². The first kappa shape index (κ1) is 29.7. The Labute approximate surface area is 231 Å². The molecule has 0 spiro atoms. The Hall–Kier alpha value is -4.32. The normalized spacial score (nSPS) is 11.2. The maximum absolute atomic E-state index is 14.8. The second-order valence-corrected chi connectivity index (χ2v) is 9.23. The van der Waals surface area contributed by atoms with E-state index in [0.29, 0.717) is 24.6 Å². The maximum atomic E-state index is 14.8. The van der Waals surface area contributed by atoms with Crippen LogP contribution in [0, 0.1) is 46.7 Å². The van der Waals surface area contributed by atoms with Crippen molar-refractivity contribution in [3.8, 4) is 28.7 Å². The van der Waals surface area contributed by atoms with Crippen molar-refractivity contribution in [2.45, 2.75) is 38.7 Å². The molecule has 9 heteroatoms. The number of hydrogen-bond donors (Lipinski definition) is 0. The van der Waals surface area contributed by atoms with Crippen LogP contribution in [0.3, 0.4) is 0 Å². The van der Waals surface area contributed by atoms with Crippen LogP contribution in [0.15, 0.2) is 66.7 Å². The third kappa shape index (κ3) is 7.07. The van der Waals surface area contributed by atoms with E-state index in [-0.39, 0.29) is 22.3 Å². The van der Waals surface area contributed by atoms with E-state index in [9.17, 15) is 35.1 Å². The number of alkyl halides is 2. The van der Waals surface area contributed by atoms with Gasteiger partial charge in [0.1, 0.15) is 23.2 Å². The van der Waals surface area contributed by atoms with Gasteiger partial charge in [0.25, 0.3) is 0 Å². The van der Waals surface area contributed by atoms with Gasteiger partial charge in [0.05, 0.1) is 11.1 Å². The molecule has 1 nitrogen and oxygen atoms in total. The molecular formula is C32H22F8O. The zero-order chi connectivity index (χ0) is 29.7. The molecule has 4 aromatic carbocycles. The summed E-state index contributed by atoms with van der Waals surface area (Å²) in [5.74, 6) is -3.89. The second kappa shape index (κ2) is 12.5. The van der Waals surface area contributed by atoms with E-state index in [1.54, 1.807) is 6.07 Å². The fraction of sp³-hybridized carbons (Fsp3) is 0.188. The Kier molecular flexibility index (Phi) is 9.01. The highest BCUT2D eigenvalue weighted by molar-refractivity contribution is 5.65. The Morgan fingerprint density at radius 1 is 0.683 bits per heavy atom. The summed E-state index contributed by atoms with van der Waals surface area (Å²) >= 11 is 0. The summed E-state index contributed by atoms with van der Waals surface area (Å²) in [6.45, 7) is 2.05. The minimum Gasteiger partial charge on any atom is -0.429 e. The molecule has 0 saturated heterocycles. The summed E-state index contributed by atoms with van der Waals surface area (Å²) in [6, 6.07) is 10.9. The molecule has 0 saturated carbocycles. The lowest BCUT2D eigenvalue weighted by atomic mass is 9.99. The average Bonchev–Trinajstić information content (AvgIpc) is 2.91. The third-order valence-electron chi connectivity index (χ3n) is 6.21. The van der Waals surface area contributed by atoms with Gasteiger partial charge in [-0.2, -0.15) is 8.78 Å². The summed E-state index contributed by atoms with van der Waals surface area (Å²) in [7, 11) is 0.